The summed E-state index contributed by atoms with van der Waals surface area (Å²) in [4.78, 5) is 11.4. The molecule has 0 atom stereocenters. The monoisotopic (exact) mass is 310 g/mol. The summed E-state index contributed by atoms with van der Waals surface area (Å²) in [5.41, 5.74) is 4.57. The van der Waals surface area contributed by atoms with Gasteiger partial charge in [0, 0.05) is 12.5 Å². The van der Waals surface area contributed by atoms with Crippen molar-refractivity contribution < 1.29 is 14.3 Å². The zero-order chi connectivity index (χ0) is 16.4. The molecule has 0 aromatic heterocycles. The molecule has 3 rings (SSSR count). The van der Waals surface area contributed by atoms with Gasteiger partial charge in [-0.3, -0.25) is 4.79 Å². The molecule has 0 heterocycles. The Labute approximate surface area is 137 Å². The molecule has 0 N–H and O–H groups in total. The Balaban J connectivity index is 1.86. The summed E-state index contributed by atoms with van der Waals surface area (Å²) in [5.74, 6) is 1.76. The first-order valence-corrected chi connectivity index (χ1v) is 8.05. The Morgan fingerprint density at radius 1 is 1.13 bits per heavy atom. The van der Waals surface area contributed by atoms with Crippen molar-refractivity contribution in [2.45, 2.75) is 46.1 Å². The number of ether oxygens (including phenoxy) is 2. The fourth-order valence-corrected chi connectivity index (χ4v) is 2.88. The highest BCUT2D eigenvalue weighted by Gasteiger charge is 2.28. The van der Waals surface area contributed by atoms with Crippen molar-refractivity contribution in [3.63, 3.8) is 0 Å². The number of aryl methyl sites for hydroxylation is 2. The van der Waals surface area contributed by atoms with Crippen LogP contribution in [0.1, 0.15) is 47.9 Å². The summed E-state index contributed by atoms with van der Waals surface area (Å²) in [7, 11) is 0. The average molecular weight is 310 g/mol. The van der Waals surface area contributed by atoms with E-state index in [4.69, 9.17) is 9.47 Å². The molecular formula is C20H22O3. The van der Waals surface area contributed by atoms with Crippen LogP contribution in [-0.4, -0.2) is 5.97 Å². The molecule has 1 aliphatic rings. The predicted octanol–water partition coefficient (Wildman–Crippen LogP) is 4.69. The highest BCUT2D eigenvalue weighted by atomic mass is 16.5. The van der Waals surface area contributed by atoms with E-state index in [1.54, 1.807) is 0 Å². The van der Waals surface area contributed by atoms with Crippen molar-refractivity contribution >= 4 is 5.97 Å². The van der Waals surface area contributed by atoms with Crippen LogP contribution in [0.15, 0.2) is 36.4 Å². The number of hydrogen-bond donors (Lipinski definition) is 0. The van der Waals surface area contributed by atoms with Crippen LogP contribution in [0, 0.1) is 13.8 Å². The van der Waals surface area contributed by atoms with Crippen LogP contribution in [0.3, 0.4) is 0 Å². The van der Waals surface area contributed by atoms with Gasteiger partial charge in [-0.2, -0.15) is 0 Å². The number of rotatable bonds is 5. The molecule has 0 unspecified atom stereocenters. The van der Waals surface area contributed by atoms with Gasteiger partial charge in [0.25, 0.3) is 0 Å². The van der Waals surface area contributed by atoms with E-state index in [1.165, 1.54) is 30.9 Å². The van der Waals surface area contributed by atoms with E-state index in [0.29, 0.717) is 18.3 Å². The SMILES string of the molecule is CC(=O)Oc1cccc(C2CC2)c1COc1ccc(C)cc1C. The lowest BCUT2D eigenvalue weighted by atomic mass is 10.0. The molecule has 2 aromatic rings. The first kappa shape index (κ1) is 15.6. The molecular weight excluding hydrogens is 288 g/mol. The Bertz CT molecular complexity index is 730. The molecule has 1 fully saturated rings. The van der Waals surface area contributed by atoms with Crippen molar-refractivity contribution in [3.8, 4) is 11.5 Å². The minimum atomic E-state index is -0.300. The van der Waals surface area contributed by atoms with Gasteiger partial charge in [0.2, 0.25) is 0 Å². The fraction of sp³-hybridized carbons (Fsp3) is 0.350. The molecule has 0 bridgehead atoms. The van der Waals surface area contributed by atoms with Crippen LogP contribution in [0.5, 0.6) is 11.5 Å². The second kappa shape index (κ2) is 6.45. The third-order valence-electron chi connectivity index (χ3n) is 4.14. The maximum atomic E-state index is 11.4. The van der Waals surface area contributed by atoms with Gasteiger partial charge in [-0.15, -0.1) is 0 Å². The van der Waals surface area contributed by atoms with E-state index in [2.05, 4.69) is 19.1 Å². The quantitative estimate of drug-likeness (QED) is 0.594. The average Bonchev–Trinajstić information content (AvgIpc) is 3.31. The van der Waals surface area contributed by atoms with Crippen LogP contribution >= 0.6 is 0 Å². The molecule has 0 saturated heterocycles. The van der Waals surface area contributed by atoms with E-state index >= 15 is 0 Å². The number of hydrogen-bond acceptors (Lipinski definition) is 3. The van der Waals surface area contributed by atoms with Crippen molar-refractivity contribution in [1.82, 2.24) is 0 Å². The fourth-order valence-electron chi connectivity index (χ4n) is 2.88. The van der Waals surface area contributed by atoms with Crippen LogP contribution < -0.4 is 9.47 Å². The number of carbonyl (C=O) groups is 1. The standard InChI is InChI=1S/C20H22O3/c1-13-7-10-19(14(2)11-13)22-12-18-17(16-8-9-16)5-4-6-20(18)23-15(3)21/h4-7,10-11,16H,8-9,12H2,1-3H3. The lowest BCUT2D eigenvalue weighted by molar-refractivity contribution is -0.131. The summed E-state index contributed by atoms with van der Waals surface area (Å²) in [6, 6.07) is 12.1. The topological polar surface area (TPSA) is 35.5 Å². The Morgan fingerprint density at radius 3 is 2.57 bits per heavy atom. The smallest absolute Gasteiger partial charge is 0.308 e. The second-order valence-corrected chi connectivity index (χ2v) is 6.25. The van der Waals surface area contributed by atoms with Gasteiger partial charge in [0.05, 0.1) is 0 Å². The maximum absolute atomic E-state index is 11.4. The lowest BCUT2D eigenvalue weighted by Gasteiger charge is -2.16. The van der Waals surface area contributed by atoms with Crippen LogP contribution in [0.25, 0.3) is 0 Å². The molecule has 0 spiro atoms. The minimum absolute atomic E-state index is 0.300. The number of benzene rings is 2. The summed E-state index contributed by atoms with van der Waals surface area (Å²) in [6.45, 7) is 5.96. The maximum Gasteiger partial charge on any atom is 0.308 e. The van der Waals surface area contributed by atoms with Gasteiger partial charge < -0.3 is 9.47 Å². The zero-order valence-electron chi connectivity index (χ0n) is 13.9. The Morgan fingerprint density at radius 2 is 1.91 bits per heavy atom. The molecule has 0 aliphatic heterocycles. The summed E-state index contributed by atoms with van der Waals surface area (Å²) < 4.78 is 11.4. The van der Waals surface area contributed by atoms with Gasteiger partial charge in [0.15, 0.2) is 0 Å². The molecule has 2 aromatic carbocycles. The molecule has 3 heteroatoms. The molecule has 23 heavy (non-hydrogen) atoms. The summed E-state index contributed by atoms with van der Waals surface area (Å²) >= 11 is 0. The van der Waals surface area contributed by atoms with Crippen molar-refractivity contribution in [1.29, 1.82) is 0 Å². The molecule has 120 valence electrons. The number of esters is 1. The molecule has 0 amide bonds. The van der Waals surface area contributed by atoms with Crippen molar-refractivity contribution in [2.75, 3.05) is 0 Å². The third kappa shape index (κ3) is 3.73. The zero-order valence-corrected chi connectivity index (χ0v) is 13.9. The van der Waals surface area contributed by atoms with Gasteiger partial charge in [-0.05, 0) is 55.9 Å². The summed E-state index contributed by atoms with van der Waals surface area (Å²) in [6.07, 6.45) is 2.39. The lowest BCUT2D eigenvalue weighted by Crippen LogP contribution is -2.08. The summed E-state index contributed by atoms with van der Waals surface area (Å²) in [5, 5.41) is 0. The normalized spacial score (nSPS) is 13.7. The van der Waals surface area contributed by atoms with E-state index in [1.807, 2.05) is 31.2 Å². The molecule has 1 saturated carbocycles. The second-order valence-electron chi connectivity index (χ2n) is 6.25. The van der Waals surface area contributed by atoms with E-state index in [0.717, 1.165) is 16.9 Å². The molecule has 1 aliphatic carbocycles. The largest absolute Gasteiger partial charge is 0.488 e. The third-order valence-corrected chi connectivity index (χ3v) is 4.14. The number of carbonyl (C=O) groups excluding carboxylic acids is 1. The molecule has 0 radical (unpaired) electrons. The Kier molecular flexibility index (Phi) is 4.37. The van der Waals surface area contributed by atoms with E-state index < -0.39 is 0 Å². The minimum Gasteiger partial charge on any atom is -0.488 e. The van der Waals surface area contributed by atoms with Crippen molar-refractivity contribution in [2.24, 2.45) is 0 Å². The molecule has 3 nitrogen and oxygen atoms in total. The van der Waals surface area contributed by atoms with Gasteiger partial charge >= 0.3 is 5.97 Å². The van der Waals surface area contributed by atoms with E-state index in [9.17, 15) is 4.79 Å². The Hall–Kier alpha value is -2.29. The van der Waals surface area contributed by atoms with E-state index in [-0.39, 0.29) is 5.97 Å². The highest BCUT2D eigenvalue weighted by Crippen LogP contribution is 2.44. The van der Waals surface area contributed by atoms with Gasteiger partial charge in [-0.1, -0.05) is 29.8 Å². The predicted molar refractivity (Wildman–Crippen MR) is 90.0 cm³/mol. The first-order valence-electron chi connectivity index (χ1n) is 8.05. The highest BCUT2D eigenvalue weighted by molar-refractivity contribution is 5.70. The van der Waals surface area contributed by atoms with Crippen LogP contribution in [-0.2, 0) is 11.4 Å². The van der Waals surface area contributed by atoms with Gasteiger partial charge in [-0.25, -0.2) is 0 Å². The van der Waals surface area contributed by atoms with Gasteiger partial charge in [0.1, 0.15) is 18.1 Å². The first-order chi connectivity index (χ1) is 11.0. The van der Waals surface area contributed by atoms with Crippen LogP contribution in [0.4, 0.5) is 0 Å². The van der Waals surface area contributed by atoms with Crippen molar-refractivity contribution in [3.05, 3.63) is 58.7 Å². The van der Waals surface area contributed by atoms with Crippen LogP contribution in [0.2, 0.25) is 0 Å².